The molecule has 1 aromatic carbocycles. The van der Waals surface area contributed by atoms with E-state index >= 15 is 0 Å². The van der Waals surface area contributed by atoms with Crippen LogP contribution in [0.2, 0.25) is 0 Å². The monoisotopic (exact) mass is 432 g/mol. The highest BCUT2D eigenvalue weighted by Crippen LogP contribution is 2.38. The minimum atomic E-state index is 0.395. The van der Waals surface area contributed by atoms with Gasteiger partial charge in [0.15, 0.2) is 10.9 Å². The third-order valence-corrected chi connectivity index (χ3v) is 5.76. The van der Waals surface area contributed by atoms with Crippen molar-refractivity contribution in [3.63, 3.8) is 0 Å². The zero-order chi connectivity index (χ0) is 21.5. The van der Waals surface area contributed by atoms with Crippen molar-refractivity contribution in [2.75, 3.05) is 18.2 Å². The lowest BCUT2D eigenvalue weighted by Crippen LogP contribution is -2.01. The van der Waals surface area contributed by atoms with Crippen LogP contribution in [0.3, 0.4) is 0 Å². The van der Waals surface area contributed by atoms with Gasteiger partial charge in [-0.25, -0.2) is 14.5 Å². The van der Waals surface area contributed by atoms with Gasteiger partial charge in [0.1, 0.15) is 23.3 Å². The van der Waals surface area contributed by atoms with Crippen LogP contribution in [0.1, 0.15) is 4.88 Å². The number of ether oxygens (including phenoxy) is 1. The molecule has 156 valence electrons. The van der Waals surface area contributed by atoms with E-state index in [9.17, 15) is 0 Å². The second-order valence-corrected chi connectivity index (χ2v) is 8.27. The van der Waals surface area contributed by atoms with Crippen molar-refractivity contribution in [2.45, 2.75) is 6.92 Å². The average molecular weight is 433 g/mol. The van der Waals surface area contributed by atoms with Crippen LogP contribution in [0.5, 0.6) is 5.75 Å². The Morgan fingerprint density at radius 1 is 1.16 bits per heavy atom. The van der Waals surface area contributed by atoms with E-state index in [1.165, 1.54) is 6.33 Å². The summed E-state index contributed by atoms with van der Waals surface area (Å²) in [5.74, 6) is 1.09. The molecule has 5 rings (SSSR count). The van der Waals surface area contributed by atoms with Crippen molar-refractivity contribution in [1.29, 1.82) is 0 Å². The predicted molar refractivity (Wildman–Crippen MR) is 122 cm³/mol. The summed E-state index contributed by atoms with van der Waals surface area (Å²) in [5.41, 5.74) is 11.3. The fraction of sp³-hybridized carbons (Fsp3) is 0.143. The van der Waals surface area contributed by atoms with E-state index in [4.69, 9.17) is 10.5 Å². The van der Waals surface area contributed by atoms with Gasteiger partial charge in [0.05, 0.1) is 18.5 Å². The molecule has 0 saturated heterocycles. The van der Waals surface area contributed by atoms with Crippen LogP contribution in [0, 0.1) is 6.92 Å². The van der Waals surface area contributed by atoms with Crippen molar-refractivity contribution in [3.05, 3.63) is 53.9 Å². The number of aryl methyl sites for hydroxylation is 2. The maximum Gasteiger partial charge on any atom is 0.187 e. The lowest BCUT2D eigenvalue weighted by molar-refractivity contribution is 0.417. The number of methoxy groups -OCH3 is 1. The van der Waals surface area contributed by atoms with Crippen molar-refractivity contribution >= 4 is 33.5 Å². The Hall–Kier alpha value is -3.92. The summed E-state index contributed by atoms with van der Waals surface area (Å²) < 4.78 is 9.18. The molecule has 9 nitrogen and oxygen atoms in total. The summed E-state index contributed by atoms with van der Waals surface area (Å²) in [4.78, 5) is 9.69. The zero-order valence-electron chi connectivity index (χ0n) is 17.2. The Balaban J connectivity index is 1.63. The van der Waals surface area contributed by atoms with Gasteiger partial charge in [-0.3, -0.25) is 4.68 Å². The molecule has 4 aromatic heterocycles. The number of hydrogen-bond donors (Lipinski definition) is 2. The number of nitrogen functional groups attached to an aromatic ring is 1. The van der Waals surface area contributed by atoms with Crippen LogP contribution in [-0.4, -0.2) is 36.5 Å². The lowest BCUT2D eigenvalue weighted by atomic mass is 10.1. The number of thiazole rings is 1. The van der Waals surface area contributed by atoms with Gasteiger partial charge in [-0.05, 0) is 36.8 Å². The third kappa shape index (κ3) is 3.36. The number of benzene rings is 1. The fourth-order valence-electron chi connectivity index (χ4n) is 3.51. The van der Waals surface area contributed by atoms with Crippen molar-refractivity contribution < 1.29 is 4.74 Å². The molecule has 4 heterocycles. The van der Waals surface area contributed by atoms with Gasteiger partial charge in [0, 0.05) is 29.9 Å². The first-order chi connectivity index (χ1) is 15.0. The number of hydrogen-bond acceptors (Lipinski definition) is 8. The van der Waals surface area contributed by atoms with Gasteiger partial charge >= 0.3 is 0 Å². The molecule has 0 aliphatic heterocycles. The molecule has 3 N–H and O–H groups in total. The predicted octanol–water partition coefficient (Wildman–Crippen LogP) is 3.90. The molecule has 0 atom stereocenters. The number of nitrogens with zero attached hydrogens (tertiary/aromatic N) is 6. The molecular weight excluding hydrogens is 412 g/mol. The highest BCUT2D eigenvalue weighted by molar-refractivity contribution is 7.15. The standard InChI is InChI=1S/C21H20N8OS/c1-12-10-23-21(31-12)26-16-5-4-13(8-18(16)30-3)14-9-17(15-6-7-28(2)27-15)29-19(14)20(22)24-11-25-29/h4-11H,1-3H3,(H,23,26)(H2,22,24,25). The zero-order valence-corrected chi connectivity index (χ0v) is 18.0. The Morgan fingerprint density at radius 3 is 2.74 bits per heavy atom. The minimum absolute atomic E-state index is 0.395. The Bertz CT molecular complexity index is 1400. The molecule has 10 heteroatoms. The van der Waals surface area contributed by atoms with Crippen molar-refractivity contribution in [3.8, 4) is 28.3 Å². The first kappa shape index (κ1) is 19.1. The number of aromatic nitrogens is 6. The first-order valence-corrected chi connectivity index (χ1v) is 10.3. The Morgan fingerprint density at radius 2 is 2.03 bits per heavy atom. The van der Waals surface area contributed by atoms with Crippen LogP contribution in [0.25, 0.3) is 28.0 Å². The van der Waals surface area contributed by atoms with E-state index in [0.29, 0.717) is 11.6 Å². The molecule has 31 heavy (non-hydrogen) atoms. The minimum Gasteiger partial charge on any atom is -0.495 e. The summed E-state index contributed by atoms with van der Waals surface area (Å²) in [7, 11) is 3.52. The third-order valence-electron chi connectivity index (χ3n) is 4.93. The largest absolute Gasteiger partial charge is 0.495 e. The SMILES string of the molecule is COc1cc(-c2cc(-c3ccn(C)n3)n3ncnc(N)c23)ccc1Nc1ncc(C)s1. The van der Waals surface area contributed by atoms with E-state index in [0.717, 1.165) is 43.7 Å². The van der Waals surface area contributed by atoms with E-state index in [2.05, 4.69) is 25.5 Å². The van der Waals surface area contributed by atoms with E-state index < -0.39 is 0 Å². The van der Waals surface area contributed by atoms with E-state index in [1.807, 2.05) is 56.7 Å². The van der Waals surface area contributed by atoms with Crippen LogP contribution < -0.4 is 15.8 Å². The summed E-state index contributed by atoms with van der Waals surface area (Å²) in [6.45, 7) is 2.02. The smallest absolute Gasteiger partial charge is 0.187 e. The summed E-state index contributed by atoms with van der Waals surface area (Å²) >= 11 is 1.59. The normalized spacial score (nSPS) is 11.2. The number of rotatable bonds is 5. The van der Waals surface area contributed by atoms with E-state index in [-0.39, 0.29) is 0 Å². The first-order valence-electron chi connectivity index (χ1n) is 9.53. The second kappa shape index (κ2) is 7.40. The maximum atomic E-state index is 6.25. The van der Waals surface area contributed by atoms with Crippen molar-refractivity contribution in [1.82, 2.24) is 29.4 Å². The average Bonchev–Trinajstić information content (AvgIpc) is 3.47. The van der Waals surface area contributed by atoms with Gasteiger partial charge in [-0.15, -0.1) is 11.3 Å². The number of nitrogens with one attached hydrogen (secondary N) is 1. The molecular formula is C21H20N8OS. The topological polar surface area (TPSA) is 108 Å². The fourth-order valence-corrected chi connectivity index (χ4v) is 4.19. The van der Waals surface area contributed by atoms with Gasteiger partial charge in [0.2, 0.25) is 0 Å². The summed E-state index contributed by atoms with van der Waals surface area (Å²) in [6.07, 6.45) is 5.17. The number of nitrogens with two attached hydrogens (primary N) is 1. The molecule has 0 unspecified atom stereocenters. The quantitative estimate of drug-likeness (QED) is 0.434. The molecule has 5 aromatic rings. The van der Waals surface area contributed by atoms with Crippen LogP contribution >= 0.6 is 11.3 Å². The Kier molecular flexibility index (Phi) is 4.55. The molecule has 0 saturated carbocycles. The highest BCUT2D eigenvalue weighted by Gasteiger charge is 2.19. The van der Waals surface area contributed by atoms with E-state index in [1.54, 1.807) is 27.6 Å². The highest BCUT2D eigenvalue weighted by atomic mass is 32.1. The molecule has 0 spiro atoms. The number of fused-ring (bicyclic) bond motifs is 1. The van der Waals surface area contributed by atoms with Gasteiger partial charge in [0.25, 0.3) is 0 Å². The molecule has 0 radical (unpaired) electrons. The molecule has 0 aliphatic carbocycles. The second-order valence-electron chi connectivity index (χ2n) is 7.04. The molecule has 0 aliphatic rings. The number of anilines is 3. The van der Waals surface area contributed by atoms with Crippen LogP contribution in [0.15, 0.2) is 49.1 Å². The molecule has 0 amide bonds. The van der Waals surface area contributed by atoms with Crippen LogP contribution in [0.4, 0.5) is 16.6 Å². The molecule has 0 fully saturated rings. The lowest BCUT2D eigenvalue weighted by Gasteiger charge is -2.11. The Labute approximate surface area is 182 Å². The summed E-state index contributed by atoms with van der Waals surface area (Å²) in [5, 5.41) is 13.1. The summed E-state index contributed by atoms with van der Waals surface area (Å²) in [6, 6.07) is 9.90. The van der Waals surface area contributed by atoms with Crippen molar-refractivity contribution in [2.24, 2.45) is 7.05 Å². The maximum absolute atomic E-state index is 6.25. The molecule has 0 bridgehead atoms. The van der Waals surface area contributed by atoms with Gasteiger partial charge in [-0.1, -0.05) is 6.07 Å². The van der Waals surface area contributed by atoms with Crippen LogP contribution in [-0.2, 0) is 7.05 Å². The van der Waals surface area contributed by atoms with Gasteiger partial charge in [-0.2, -0.15) is 10.2 Å². The van der Waals surface area contributed by atoms with Gasteiger partial charge < -0.3 is 15.8 Å².